The van der Waals surface area contributed by atoms with Gasteiger partial charge in [-0.2, -0.15) is 0 Å². The van der Waals surface area contributed by atoms with Crippen LogP contribution in [-0.2, 0) is 14.3 Å². The Morgan fingerprint density at radius 3 is 2.32 bits per heavy atom. The van der Waals surface area contributed by atoms with Crippen LogP contribution in [0.15, 0.2) is 24.3 Å². The third-order valence-electron chi connectivity index (χ3n) is 2.92. The highest BCUT2D eigenvalue weighted by Crippen LogP contribution is 2.18. The molecule has 0 aromatic heterocycles. The SMILES string of the molecule is CCN(CC)C(=O)COC(=O)c1ccccc1OCC(N)=O. The molecular weight excluding hydrogens is 288 g/mol. The molecule has 7 nitrogen and oxygen atoms in total. The molecule has 0 radical (unpaired) electrons. The summed E-state index contributed by atoms with van der Waals surface area (Å²) in [4.78, 5) is 36.1. The normalized spacial score (nSPS) is 9.91. The van der Waals surface area contributed by atoms with Crippen molar-refractivity contribution in [3.05, 3.63) is 29.8 Å². The van der Waals surface area contributed by atoms with Crippen LogP contribution >= 0.6 is 0 Å². The smallest absolute Gasteiger partial charge is 0.342 e. The minimum absolute atomic E-state index is 0.135. The van der Waals surface area contributed by atoms with E-state index in [1.165, 1.54) is 12.1 Å². The molecular formula is C15H20N2O5. The van der Waals surface area contributed by atoms with Crippen molar-refractivity contribution in [1.29, 1.82) is 0 Å². The van der Waals surface area contributed by atoms with Gasteiger partial charge in [0.1, 0.15) is 11.3 Å². The highest BCUT2D eigenvalue weighted by atomic mass is 16.5. The van der Waals surface area contributed by atoms with Crippen LogP contribution in [0.2, 0.25) is 0 Å². The Labute approximate surface area is 129 Å². The molecule has 22 heavy (non-hydrogen) atoms. The lowest BCUT2D eigenvalue weighted by molar-refractivity contribution is -0.134. The van der Waals surface area contributed by atoms with Crippen molar-refractivity contribution in [1.82, 2.24) is 4.90 Å². The second-order valence-electron chi connectivity index (χ2n) is 4.39. The van der Waals surface area contributed by atoms with Gasteiger partial charge < -0.3 is 20.1 Å². The topological polar surface area (TPSA) is 98.9 Å². The summed E-state index contributed by atoms with van der Waals surface area (Å²) in [5.41, 5.74) is 5.13. The van der Waals surface area contributed by atoms with E-state index in [4.69, 9.17) is 15.2 Å². The fourth-order valence-corrected chi connectivity index (χ4v) is 1.78. The van der Waals surface area contributed by atoms with Crippen molar-refractivity contribution in [2.45, 2.75) is 13.8 Å². The van der Waals surface area contributed by atoms with Crippen LogP contribution in [0.4, 0.5) is 0 Å². The van der Waals surface area contributed by atoms with E-state index < -0.39 is 11.9 Å². The number of carbonyl (C=O) groups excluding carboxylic acids is 3. The molecule has 1 aromatic carbocycles. The highest BCUT2D eigenvalue weighted by molar-refractivity contribution is 5.94. The number of amides is 2. The molecule has 7 heteroatoms. The lowest BCUT2D eigenvalue weighted by Gasteiger charge is -2.18. The first-order chi connectivity index (χ1) is 10.5. The van der Waals surface area contributed by atoms with Crippen molar-refractivity contribution < 1.29 is 23.9 Å². The fraction of sp³-hybridized carbons (Fsp3) is 0.400. The molecule has 0 atom stereocenters. The summed E-state index contributed by atoms with van der Waals surface area (Å²) in [6.07, 6.45) is 0. The maximum absolute atomic E-state index is 12.0. The number of ether oxygens (including phenoxy) is 2. The number of carbonyl (C=O) groups is 3. The quantitative estimate of drug-likeness (QED) is 0.708. The maximum atomic E-state index is 12.0. The van der Waals surface area contributed by atoms with Gasteiger partial charge in [-0.05, 0) is 26.0 Å². The van der Waals surface area contributed by atoms with Crippen molar-refractivity contribution >= 4 is 17.8 Å². The number of nitrogens with two attached hydrogens (primary N) is 1. The summed E-state index contributed by atoms with van der Waals surface area (Å²) in [6, 6.07) is 6.28. The van der Waals surface area contributed by atoms with Gasteiger partial charge in [0.2, 0.25) is 0 Å². The molecule has 0 saturated heterocycles. The van der Waals surface area contributed by atoms with Crippen molar-refractivity contribution in [2.24, 2.45) is 5.73 Å². The van der Waals surface area contributed by atoms with E-state index >= 15 is 0 Å². The second kappa shape index (κ2) is 8.66. The molecule has 0 fully saturated rings. The molecule has 0 bridgehead atoms. The monoisotopic (exact) mass is 308 g/mol. The van der Waals surface area contributed by atoms with Gasteiger partial charge in [-0.3, -0.25) is 9.59 Å². The summed E-state index contributed by atoms with van der Waals surface area (Å²) in [6.45, 7) is 4.09. The van der Waals surface area contributed by atoms with Gasteiger partial charge in [0.25, 0.3) is 11.8 Å². The van der Waals surface area contributed by atoms with Gasteiger partial charge >= 0.3 is 5.97 Å². The van der Waals surface area contributed by atoms with E-state index in [-0.39, 0.29) is 30.4 Å². The van der Waals surface area contributed by atoms with Gasteiger partial charge in [0.15, 0.2) is 13.2 Å². The molecule has 0 spiro atoms. The number of hydrogen-bond acceptors (Lipinski definition) is 5. The predicted molar refractivity (Wildman–Crippen MR) is 79.3 cm³/mol. The first kappa shape index (κ1) is 17.5. The molecule has 0 aliphatic carbocycles. The Balaban J connectivity index is 2.69. The van der Waals surface area contributed by atoms with E-state index in [1.54, 1.807) is 17.0 Å². The standard InChI is InChI=1S/C15H20N2O5/c1-3-17(4-2)14(19)10-22-15(20)11-7-5-6-8-12(11)21-9-13(16)18/h5-8H,3-4,9-10H2,1-2H3,(H2,16,18). The predicted octanol–water partition coefficient (Wildman–Crippen LogP) is 0.576. The minimum atomic E-state index is -0.694. The number of primary amides is 1. The average Bonchev–Trinajstić information content (AvgIpc) is 2.52. The summed E-state index contributed by atoms with van der Waals surface area (Å²) >= 11 is 0. The van der Waals surface area contributed by atoms with Gasteiger partial charge in [-0.15, -0.1) is 0 Å². The molecule has 0 unspecified atom stereocenters. The first-order valence-electron chi connectivity index (χ1n) is 6.94. The minimum Gasteiger partial charge on any atom is -0.483 e. The first-order valence-corrected chi connectivity index (χ1v) is 6.94. The van der Waals surface area contributed by atoms with E-state index in [0.29, 0.717) is 13.1 Å². The number of nitrogens with zero attached hydrogens (tertiary/aromatic N) is 1. The lowest BCUT2D eigenvalue weighted by Crippen LogP contribution is -2.34. The number of esters is 1. The van der Waals surface area contributed by atoms with Crippen LogP contribution in [0.25, 0.3) is 0 Å². The molecule has 2 N–H and O–H groups in total. The van der Waals surface area contributed by atoms with Gasteiger partial charge in [0.05, 0.1) is 0 Å². The van der Waals surface area contributed by atoms with Crippen LogP contribution in [0.5, 0.6) is 5.75 Å². The van der Waals surface area contributed by atoms with Crippen molar-refractivity contribution in [3.63, 3.8) is 0 Å². The number of likely N-dealkylation sites (N-methyl/N-ethyl adjacent to an activating group) is 1. The zero-order chi connectivity index (χ0) is 16.5. The van der Waals surface area contributed by atoms with Gasteiger partial charge in [-0.1, -0.05) is 12.1 Å². The maximum Gasteiger partial charge on any atom is 0.342 e. The second-order valence-corrected chi connectivity index (χ2v) is 4.39. The molecule has 1 aromatic rings. The Bertz CT molecular complexity index is 540. The fourth-order valence-electron chi connectivity index (χ4n) is 1.78. The van der Waals surface area contributed by atoms with E-state index in [2.05, 4.69) is 0 Å². The molecule has 0 aliphatic heterocycles. The summed E-state index contributed by atoms with van der Waals surface area (Å²) in [5.74, 6) is -1.43. The Morgan fingerprint density at radius 2 is 1.73 bits per heavy atom. The zero-order valence-electron chi connectivity index (χ0n) is 12.7. The number of para-hydroxylation sites is 1. The molecule has 0 aliphatic rings. The van der Waals surface area contributed by atoms with Crippen molar-refractivity contribution in [2.75, 3.05) is 26.3 Å². The van der Waals surface area contributed by atoms with E-state index in [0.717, 1.165) is 0 Å². The van der Waals surface area contributed by atoms with Crippen molar-refractivity contribution in [3.8, 4) is 5.75 Å². The molecule has 0 saturated carbocycles. The third-order valence-corrected chi connectivity index (χ3v) is 2.92. The van der Waals surface area contributed by atoms with Crippen LogP contribution in [0, 0.1) is 0 Å². The average molecular weight is 308 g/mol. The molecule has 120 valence electrons. The largest absolute Gasteiger partial charge is 0.483 e. The lowest BCUT2D eigenvalue weighted by atomic mass is 10.2. The molecule has 2 amide bonds. The summed E-state index contributed by atoms with van der Waals surface area (Å²) < 4.78 is 10.1. The number of benzene rings is 1. The third kappa shape index (κ3) is 5.08. The van der Waals surface area contributed by atoms with E-state index in [9.17, 15) is 14.4 Å². The molecule has 0 heterocycles. The van der Waals surface area contributed by atoms with Crippen LogP contribution in [0.3, 0.4) is 0 Å². The molecule has 1 rings (SSSR count). The summed E-state index contributed by atoms with van der Waals surface area (Å²) in [5, 5.41) is 0. The van der Waals surface area contributed by atoms with Crippen LogP contribution < -0.4 is 10.5 Å². The number of hydrogen-bond donors (Lipinski definition) is 1. The zero-order valence-corrected chi connectivity index (χ0v) is 12.7. The summed E-state index contributed by atoms with van der Waals surface area (Å²) in [7, 11) is 0. The Morgan fingerprint density at radius 1 is 1.09 bits per heavy atom. The van der Waals surface area contributed by atoms with E-state index in [1.807, 2.05) is 13.8 Å². The van der Waals surface area contributed by atoms with Crippen LogP contribution in [0.1, 0.15) is 24.2 Å². The number of rotatable bonds is 8. The van der Waals surface area contributed by atoms with Gasteiger partial charge in [-0.25, -0.2) is 4.79 Å². The Kier molecular flexibility index (Phi) is 6.88. The Hall–Kier alpha value is -2.57. The highest BCUT2D eigenvalue weighted by Gasteiger charge is 2.17. The van der Waals surface area contributed by atoms with Gasteiger partial charge in [0, 0.05) is 13.1 Å². The van der Waals surface area contributed by atoms with Crippen LogP contribution in [-0.4, -0.2) is 49.0 Å².